The van der Waals surface area contributed by atoms with E-state index in [4.69, 9.17) is 11.8 Å². The fourth-order valence-corrected chi connectivity index (χ4v) is 12.4. The molecule has 1 aliphatic rings. The number of rotatable bonds is 17. The predicted octanol–water partition coefficient (Wildman–Crippen LogP) is 11.7. The van der Waals surface area contributed by atoms with Crippen LogP contribution >= 0.6 is 23.5 Å². The third-order valence-corrected chi connectivity index (χ3v) is 16.1. The molecule has 11 heteroatoms. The lowest BCUT2D eigenvalue weighted by molar-refractivity contribution is -0.122. The second-order valence-corrected chi connectivity index (χ2v) is 19.5. The molecule has 0 unspecified atom stereocenters. The lowest BCUT2D eigenvalue weighted by Crippen LogP contribution is -2.48. The van der Waals surface area contributed by atoms with E-state index in [2.05, 4.69) is 149 Å². The fraction of sp³-hybridized carbons (Fsp3) is 0.177. The standard InChI is InChI=1S/C38H34N2O3S.C23H24N2OS.CH3F/c1-39-36(41)35(40-37(42)43-25-34-32-23-13-11-21-30(32)31-22-12-14-24-33(31)34)26-44-38(27-15-5-2-6-16-27,28-17-7-3-8-18-28)29-19-9-4-10-20-29;1-25-22(26)21(24)17-27-23(18-11-5-2-6-12-18,19-13-7-3-8-14-19)20-15-9-4-10-16-20;1-2/h2-24,34-35H,25-26H2,1H3,(H,39,41)(H,40,42);2-16,21H,17,24H2,1H3,(H,25,26);1H3/t35-;21-;/m00./s1/i;;1D. The predicted molar refractivity (Wildman–Crippen MR) is 298 cm³/mol. The summed E-state index contributed by atoms with van der Waals surface area (Å²) in [6, 6.07) is 77.1. The molecule has 0 spiro atoms. The molecule has 0 bridgehead atoms. The number of alkyl carbamates (subject to hydrolysis) is 1. The number of thioether (sulfide) groups is 2. The minimum Gasteiger partial charge on any atom is -0.449 e. The van der Waals surface area contributed by atoms with E-state index >= 15 is 0 Å². The highest BCUT2D eigenvalue weighted by Crippen LogP contribution is 2.50. The average Bonchev–Trinajstić information content (AvgIpc) is 3.79. The first kappa shape index (κ1) is 51.9. The maximum absolute atomic E-state index is 13.3. The number of ether oxygens (including phenoxy) is 1. The molecule has 0 saturated heterocycles. The molecule has 2 atom stereocenters. The largest absolute Gasteiger partial charge is 0.449 e. The van der Waals surface area contributed by atoms with Gasteiger partial charge in [-0.2, -0.15) is 0 Å². The van der Waals surface area contributed by atoms with Crippen LogP contribution in [0, 0.1) is 0 Å². The van der Waals surface area contributed by atoms with Crippen molar-refractivity contribution in [2.45, 2.75) is 27.5 Å². The van der Waals surface area contributed by atoms with Gasteiger partial charge in [-0.15, -0.1) is 23.5 Å². The topological polar surface area (TPSA) is 123 Å². The summed E-state index contributed by atoms with van der Waals surface area (Å²) in [5, 5.41) is 8.24. The van der Waals surface area contributed by atoms with Gasteiger partial charge in [-0.1, -0.05) is 231 Å². The number of alkyl halides is 1. The SMILES string of the molecule is CNC(=O)[C@@H](N)CSC(c1ccccc1)(c1ccccc1)c1ccccc1.CNC(=O)[C@H](CSC(c1ccccc1)(c1ccccc1)c1ccccc1)NC(=O)OCC1c2ccccc2-c2ccccc21.[2H]CF. The summed E-state index contributed by atoms with van der Waals surface area (Å²) in [4.78, 5) is 38.4. The van der Waals surface area contributed by atoms with E-state index in [-0.39, 0.29) is 24.3 Å². The van der Waals surface area contributed by atoms with Crippen molar-refractivity contribution < 1.29 is 24.9 Å². The molecule has 0 aliphatic heterocycles. The molecule has 0 radical (unpaired) electrons. The van der Waals surface area contributed by atoms with Crippen molar-refractivity contribution in [3.05, 3.63) is 275 Å². The van der Waals surface area contributed by atoms with Crippen LogP contribution in [0.2, 0.25) is 0 Å². The summed E-state index contributed by atoms with van der Waals surface area (Å²) in [6.07, 6.45) is -0.620. The van der Waals surface area contributed by atoms with Crippen molar-refractivity contribution in [2.24, 2.45) is 5.73 Å². The Morgan fingerprint density at radius 1 is 0.521 bits per heavy atom. The van der Waals surface area contributed by atoms with Crippen molar-refractivity contribution in [1.82, 2.24) is 16.0 Å². The van der Waals surface area contributed by atoms with E-state index < -0.39 is 34.8 Å². The Hall–Kier alpha value is -7.44. The van der Waals surface area contributed by atoms with Crippen LogP contribution in [0.4, 0.5) is 9.18 Å². The Bertz CT molecular complexity index is 2760. The van der Waals surface area contributed by atoms with Gasteiger partial charge in [0.05, 0.1) is 24.1 Å². The molecule has 73 heavy (non-hydrogen) atoms. The normalized spacial score (nSPS) is 12.6. The minimum absolute atomic E-state index is 0.0668. The Morgan fingerprint density at radius 2 is 0.822 bits per heavy atom. The zero-order chi connectivity index (χ0) is 52.2. The number of halogens is 1. The first-order valence-corrected chi connectivity index (χ1v) is 25.9. The number of carbonyl (C=O) groups excluding carboxylic acids is 3. The average molecular weight is 1010 g/mol. The Morgan fingerprint density at radius 3 is 1.15 bits per heavy atom. The van der Waals surface area contributed by atoms with E-state index in [1.54, 1.807) is 37.6 Å². The number of nitrogens with two attached hydrogens (primary N) is 1. The fourth-order valence-electron chi connectivity index (χ4n) is 9.36. The summed E-state index contributed by atoms with van der Waals surface area (Å²) >= 11 is 3.31. The van der Waals surface area contributed by atoms with Crippen molar-refractivity contribution in [2.75, 3.05) is 39.4 Å². The molecule has 3 amide bonds. The highest BCUT2D eigenvalue weighted by molar-refractivity contribution is 8.01. The third-order valence-electron chi connectivity index (χ3n) is 12.8. The monoisotopic (exact) mass is 1010 g/mol. The van der Waals surface area contributed by atoms with Gasteiger partial charge in [-0.25, -0.2) is 4.79 Å². The van der Waals surface area contributed by atoms with Gasteiger partial charge >= 0.3 is 6.09 Å². The van der Waals surface area contributed by atoms with Gasteiger partial charge in [0, 0.05) is 31.5 Å². The zero-order valence-corrected chi connectivity index (χ0v) is 42.5. The van der Waals surface area contributed by atoms with Gasteiger partial charge in [0.15, 0.2) is 0 Å². The second kappa shape index (κ2) is 26.3. The number of carbonyl (C=O) groups is 3. The number of fused-ring (bicyclic) bond motifs is 3. The minimum atomic E-state index is -1.00. The van der Waals surface area contributed by atoms with Gasteiger partial charge in [0.1, 0.15) is 12.6 Å². The first-order valence-electron chi connectivity index (χ1n) is 24.7. The number of amides is 3. The van der Waals surface area contributed by atoms with Crippen LogP contribution in [0.15, 0.2) is 231 Å². The van der Waals surface area contributed by atoms with E-state index in [0.29, 0.717) is 11.5 Å². The molecule has 0 heterocycles. The maximum atomic E-state index is 13.3. The molecule has 5 N–H and O–H groups in total. The van der Waals surface area contributed by atoms with Crippen LogP contribution < -0.4 is 21.7 Å². The molecule has 8 aromatic carbocycles. The maximum Gasteiger partial charge on any atom is 0.407 e. The van der Waals surface area contributed by atoms with Crippen molar-refractivity contribution in [1.29, 1.82) is 0 Å². The van der Waals surface area contributed by atoms with Crippen LogP contribution in [0.1, 0.15) is 51.8 Å². The van der Waals surface area contributed by atoms with Crippen LogP contribution in [0.25, 0.3) is 11.1 Å². The first-order chi connectivity index (χ1) is 36.2. The third kappa shape index (κ3) is 12.3. The van der Waals surface area contributed by atoms with Gasteiger partial charge in [-0.05, 0) is 55.6 Å². The lowest BCUT2D eigenvalue weighted by atomic mass is 9.84. The van der Waals surface area contributed by atoms with Gasteiger partial charge in [-0.3, -0.25) is 14.0 Å². The highest BCUT2D eigenvalue weighted by Gasteiger charge is 2.40. The molecular weight excluding hydrogens is 948 g/mol. The van der Waals surface area contributed by atoms with Crippen molar-refractivity contribution in [3.63, 3.8) is 0 Å². The summed E-state index contributed by atoms with van der Waals surface area (Å²) in [5.74, 6) is 0.309. The molecule has 1 aliphatic carbocycles. The summed E-state index contributed by atoms with van der Waals surface area (Å²) < 4.78 is 20.2. The molecular formula is C62H61FN4O4S2. The Kier molecular flexibility index (Phi) is 18.7. The number of likely N-dealkylation sites (N-methyl/N-ethyl adjacent to an activating group) is 2. The summed E-state index contributed by atoms with van der Waals surface area (Å²) in [7, 11) is 2.20. The van der Waals surface area contributed by atoms with E-state index in [1.807, 2.05) is 97.1 Å². The van der Waals surface area contributed by atoms with Gasteiger partial charge in [0.25, 0.3) is 0 Å². The highest BCUT2D eigenvalue weighted by atomic mass is 32.2. The second-order valence-electron chi connectivity index (χ2n) is 17.0. The number of hydrogen-bond acceptors (Lipinski definition) is 7. The van der Waals surface area contributed by atoms with E-state index in [0.717, 1.165) is 55.6 Å². The molecule has 372 valence electrons. The molecule has 8 nitrogen and oxygen atoms in total. The quantitative estimate of drug-likeness (QED) is 0.0670. The van der Waals surface area contributed by atoms with Crippen LogP contribution in [-0.4, -0.2) is 69.4 Å². The van der Waals surface area contributed by atoms with E-state index in [9.17, 15) is 18.8 Å². The van der Waals surface area contributed by atoms with Crippen molar-refractivity contribution in [3.8, 4) is 11.1 Å². The summed E-state index contributed by atoms with van der Waals surface area (Å²) in [6.45, 7) is 0.176. The number of benzene rings is 8. The van der Waals surface area contributed by atoms with Crippen LogP contribution in [0.3, 0.4) is 0 Å². The Balaban J connectivity index is 0.000000228. The lowest BCUT2D eigenvalue weighted by Gasteiger charge is -2.36. The summed E-state index contributed by atoms with van der Waals surface area (Å²) in [5.41, 5.74) is 17.5. The number of nitrogens with one attached hydrogen (secondary N) is 3. The number of hydrogen-bond donors (Lipinski definition) is 4. The van der Waals surface area contributed by atoms with E-state index in [1.165, 1.54) is 0 Å². The smallest absolute Gasteiger partial charge is 0.407 e. The molecule has 0 aromatic heterocycles. The molecule has 0 saturated carbocycles. The van der Waals surface area contributed by atoms with Gasteiger partial charge < -0.3 is 26.4 Å². The molecule has 0 fully saturated rings. The Labute approximate surface area is 438 Å². The molecule has 9 rings (SSSR count). The van der Waals surface area contributed by atoms with Gasteiger partial charge in [0.2, 0.25) is 11.8 Å². The van der Waals surface area contributed by atoms with Crippen molar-refractivity contribution >= 4 is 41.4 Å². The van der Waals surface area contributed by atoms with Crippen LogP contribution in [-0.2, 0) is 23.8 Å². The zero-order valence-electron chi connectivity index (χ0n) is 41.9. The molecule has 8 aromatic rings. The van der Waals surface area contributed by atoms with Crippen LogP contribution in [0.5, 0.6) is 0 Å².